The maximum atomic E-state index is 12.5. The summed E-state index contributed by atoms with van der Waals surface area (Å²) < 4.78 is 6.75. The third kappa shape index (κ3) is 5.90. The van der Waals surface area contributed by atoms with E-state index in [1.165, 1.54) is 18.2 Å². The van der Waals surface area contributed by atoms with Crippen molar-refractivity contribution in [3.05, 3.63) is 78.2 Å². The molecule has 2 rings (SSSR count). The lowest BCUT2D eigenvalue weighted by Gasteiger charge is -2.10. The number of benzene rings is 2. The summed E-state index contributed by atoms with van der Waals surface area (Å²) >= 11 is 12.7. The molecule has 0 saturated heterocycles. The number of carbonyl (C=O) groups is 1. The number of hydrogen-bond acceptors (Lipinski definition) is 5. The maximum absolute atomic E-state index is 12.5. The SMILES string of the molecule is C=CCOc1c(Br)cc(/C=C(\C#N)C(=O)Nc2cc([N+](=O)[O-])ccc2Cl)cc1Br. The Bertz CT molecular complexity index is 1040. The number of nitrogens with one attached hydrogen (secondary N) is 1. The highest BCUT2D eigenvalue weighted by Gasteiger charge is 2.16. The first kappa shape index (κ1) is 22.6. The van der Waals surface area contributed by atoms with Crippen LogP contribution in [0.3, 0.4) is 0 Å². The molecule has 0 unspecified atom stereocenters. The number of non-ortho nitro benzene ring substituents is 1. The zero-order valence-corrected chi connectivity index (χ0v) is 18.5. The summed E-state index contributed by atoms with van der Waals surface area (Å²) in [6, 6.07) is 8.79. The van der Waals surface area contributed by atoms with Gasteiger partial charge in [-0.1, -0.05) is 24.3 Å². The first-order chi connectivity index (χ1) is 13.8. The topological polar surface area (TPSA) is 105 Å². The third-order valence-electron chi connectivity index (χ3n) is 3.45. The summed E-state index contributed by atoms with van der Waals surface area (Å²) in [7, 11) is 0. The molecule has 0 atom stereocenters. The smallest absolute Gasteiger partial charge is 0.271 e. The van der Waals surface area contributed by atoms with Crippen LogP contribution < -0.4 is 10.1 Å². The van der Waals surface area contributed by atoms with Crippen molar-refractivity contribution in [2.45, 2.75) is 0 Å². The number of nitriles is 1. The number of ether oxygens (including phenoxy) is 1. The van der Waals surface area contributed by atoms with Gasteiger partial charge in [0.15, 0.2) is 0 Å². The van der Waals surface area contributed by atoms with Gasteiger partial charge in [-0.25, -0.2) is 0 Å². The molecule has 0 radical (unpaired) electrons. The van der Waals surface area contributed by atoms with E-state index in [0.29, 0.717) is 26.9 Å². The molecule has 7 nitrogen and oxygen atoms in total. The second-order valence-corrected chi connectivity index (χ2v) is 7.57. The molecular weight excluding hydrogens is 529 g/mol. The molecule has 0 aliphatic rings. The van der Waals surface area contributed by atoms with Gasteiger partial charge in [-0.05, 0) is 61.7 Å². The van der Waals surface area contributed by atoms with E-state index < -0.39 is 10.8 Å². The van der Waals surface area contributed by atoms with Crippen LogP contribution in [-0.2, 0) is 4.79 Å². The summed E-state index contributed by atoms with van der Waals surface area (Å²) in [4.78, 5) is 22.8. The molecule has 0 saturated carbocycles. The standard InChI is InChI=1S/C19H12Br2ClN3O4/c1-2-5-29-18-14(20)7-11(8-15(18)21)6-12(10-23)19(26)24-17-9-13(25(27)28)3-4-16(17)22/h2-4,6-9H,1,5H2,(H,24,26)/b12-6+. The fourth-order valence-corrected chi connectivity index (χ4v) is 3.79. The minimum absolute atomic E-state index is 0.0301. The van der Waals surface area contributed by atoms with E-state index in [9.17, 15) is 20.2 Å². The minimum atomic E-state index is -0.755. The highest BCUT2D eigenvalue weighted by atomic mass is 79.9. The first-order valence-electron chi connectivity index (χ1n) is 7.86. The maximum Gasteiger partial charge on any atom is 0.271 e. The third-order valence-corrected chi connectivity index (χ3v) is 4.96. The highest BCUT2D eigenvalue weighted by molar-refractivity contribution is 9.11. The lowest BCUT2D eigenvalue weighted by atomic mass is 10.1. The number of amides is 1. The largest absolute Gasteiger partial charge is 0.487 e. The van der Waals surface area contributed by atoms with Gasteiger partial charge >= 0.3 is 0 Å². The number of rotatable bonds is 7. The van der Waals surface area contributed by atoms with Crippen LogP contribution >= 0.6 is 43.5 Å². The van der Waals surface area contributed by atoms with Crippen molar-refractivity contribution in [3.63, 3.8) is 0 Å². The van der Waals surface area contributed by atoms with Gasteiger partial charge in [0.25, 0.3) is 11.6 Å². The van der Waals surface area contributed by atoms with Crippen molar-refractivity contribution < 1.29 is 14.5 Å². The number of halogens is 3. The molecule has 1 amide bonds. The van der Waals surface area contributed by atoms with Gasteiger partial charge in [0.2, 0.25) is 0 Å². The molecule has 2 aromatic rings. The average molecular weight is 542 g/mol. The summed E-state index contributed by atoms with van der Waals surface area (Å²) in [6.07, 6.45) is 2.97. The van der Waals surface area contributed by atoms with Gasteiger partial charge in [0.1, 0.15) is 24.0 Å². The zero-order chi connectivity index (χ0) is 21.6. The molecular formula is C19H12Br2ClN3O4. The minimum Gasteiger partial charge on any atom is -0.487 e. The van der Waals surface area contributed by atoms with Crippen LogP contribution in [0.4, 0.5) is 11.4 Å². The Morgan fingerprint density at radius 2 is 2.00 bits per heavy atom. The van der Waals surface area contributed by atoms with Crippen molar-refractivity contribution in [2.24, 2.45) is 0 Å². The van der Waals surface area contributed by atoms with E-state index in [4.69, 9.17) is 16.3 Å². The van der Waals surface area contributed by atoms with E-state index in [2.05, 4.69) is 43.8 Å². The van der Waals surface area contributed by atoms with E-state index >= 15 is 0 Å². The van der Waals surface area contributed by atoms with E-state index in [1.54, 1.807) is 18.2 Å². The van der Waals surface area contributed by atoms with Gasteiger partial charge in [0, 0.05) is 12.1 Å². The predicted molar refractivity (Wildman–Crippen MR) is 118 cm³/mol. The van der Waals surface area contributed by atoms with Gasteiger partial charge < -0.3 is 10.1 Å². The monoisotopic (exact) mass is 539 g/mol. The first-order valence-corrected chi connectivity index (χ1v) is 9.83. The number of nitro groups is 1. The van der Waals surface area contributed by atoms with Gasteiger partial charge in [-0.15, -0.1) is 0 Å². The second-order valence-electron chi connectivity index (χ2n) is 5.46. The lowest BCUT2D eigenvalue weighted by Crippen LogP contribution is -2.14. The Hall–Kier alpha value is -2.67. The van der Waals surface area contributed by atoms with Crippen molar-refractivity contribution >= 4 is 66.8 Å². The molecule has 29 heavy (non-hydrogen) atoms. The Balaban J connectivity index is 2.32. The highest BCUT2D eigenvalue weighted by Crippen LogP contribution is 2.35. The molecule has 10 heteroatoms. The van der Waals surface area contributed by atoms with E-state index in [1.807, 2.05) is 6.07 Å². The van der Waals surface area contributed by atoms with Crippen LogP contribution in [0.25, 0.3) is 6.08 Å². The molecule has 0 fully saturated rings. The second kappa shape index (κ2) is 10.2. The molecule has 0 bridgehead atoms. The zero-order valence-electron chi connectivity index (χ0n) is 14.6. The fourth-order valence-electron chi connectivity index (χ4n) is 2.17. The molecule has 0 aliphatic carbocycles. The molecule has 148 valence electrons. The predicted octanol–water partition coefficient (Wildman–Crippen LogP) is 5.88. The van der Waals surface area contributed by atoms with Gasteiger partial charge in [-0.2, -0.15) is 5.26 Å². The van der Waals surface area contributed by atoms with Crippen LogP contribution in [-0.4, -0.2) is 17.4 Å². The van der Waals surface area contributed by atoms with Crippen molar-refractivity contribution in [1.82, 2.24) is 0 Å². The molecule has 2 aromatic carbocycles. The van der Waals surface area contributed by atoms with Crippen molar-refractivity contribution in [3.8, 4) is 11.8 Å². The number of carbonyl (C=O) groups excluding carboxylic acids is 1. The molecule has 0 aliphatic heterocycles. The molecule has 0 heterocycles. The van der Waals surface area contributed by atoms with Crippen LogP contribution in [0.5, 0.6) is 5.75 Å². The number of nitrogens with zero attached hydrogens (tertiary/aromatic N) is 2. The fraction of sp³-hybridized carbons (Fsp3) is 0.0526. The van der Waals surface area contributed by atoms with Crippen LogP contribution in [0.1, 0.15) is 5.56 Å². The van der Waals surface area contributed by atoms with Crippen LogP contribution in [0, 0.1) is 21.4 Å². The van der Waals surface area contributed by atoms with E-state index in [-0.39, 0.29) is 22.0 Å². The van der Waals surface area contributed by atoms with E-state index in [0.717, 1.165) is 6.07 Å². The quantitative estimate of drug-likeness (QED) is 0.155. The molecule has 0 spiro atoms. The summed E-state index contributed by atoms with van der Waals surface area (Å²) in [6.45, 7) is 3.89. The number of nitro benzene ring substituents is 1. The summed E-state index contributed by atoms with van der Waals surface area (Å²) in [5, 5.41) is 22.8. The van der Waals surface area contributed by atoms with Crippen molar-refractivity contribution in [2.75, 3.05) is 11.9 Å². The van der Waals surface area contributed by atoms with Gasteiger partial charge in [-0.3, -0.25) is 14.9 Å². The van der Waals surface area contributed by atoms with Gasteiger partial charge in [0.05, 0.1) is 24.6 Å². The number of hydrogen-bond donors (Lipinski definition) is 1. The summed E-state index contributed by atoms with van der Waals surface area (Å²) in [5.74, 6) is -0.206. The Morgan fingerprint density at radius 3 is 2.55 bits per heavy atom. The number of anilines is 1. The lowest BCUT2D eigenvalue weighted by molar-refractivity contribution is -0.384. The normalized spacial score (nSPS) is 10.8. The summed E-state index contributed by atoms with van der Waals surface area (Å²) in [5.41, 5.74) is 0.121. The van der Waals surface area contributed by atoms with Crippen LogP contribution in [0.15, 0.2) is 57.5 Å². The van der Waals surface area contributed by atoms with Crippen molar-refractivity contribution in [1.29, 1.82) is 5.26 Å². The molecule has 1 N–H and O–H groups in total. The Kier molecular flexibility index (Phi) is 7.96. The average Bonchev–Trinajstić information content (AvgIpc) is 2.66. The Morgan fingerprint density at radius 1 is 1.34 bits per heavy atom. The van der Waals surface area contributed by atoms with Crippen LogP contribution in [0.2, 0.25) is 5.02 Å². The Labute approximate surface area is 188 Å². The molecule has 0 aromatic heterocycles.